The lowest BCUT2D eigenvalue weighted by Crippen LogP contribution is -2.21. The maximum atomic E-state index is 10.8. The highest BCUT2D eigenvalue weighted by Gasteiger charge is 2.17. The van der Waals surface area contributed by atoms with E-state index in [4.69, 9.17) is 0 Å². The molecule has 0 spiro atoms. The Morgan fingerprint density at radius 1 is 1.11 bits per heavy atom. The quantitative estimate of drug-likeness (QED) is 0.590. The van der Waals surface area contributed by atoms with E-state index in [0.29, 0.717) is 0 Å². The second-order valence-electron chi connectivity index (χ2n) is 2.78. The summed E-state index contributed by atoms with van der Waals surface area (Å²) < 4.78 is 21.5. The molecule has 0 aromatic carbocycles. The Morgan fingerprint density at radius 2 is 1.44 bits per heavy atom. The van der Waals surface area contributed by atoms with E-state index in [1.165, 1.54) is 6.26 Å². The predicted molar refractivity (Wildman–Crippen MR) is 39.1 cm³/mol. The van der Waals surface area contributed by atoms with Crippen LogP contribution in [0.4, 0.5) is 0 Å². The molecule has 0 bridgehead atoms. The normalized spacial score (nSPS) is 16.1. The summed E-state index contributed by atoms with van der Waals surface area (Å²) in [6.07, 6.45) is 1.28. The van der Waals surface area contributed by atoms with Crippen LogP contribution in [-0.4, -0.2) is 19.9 Å². The van der Waals surface area contributed by atoms with Gasteiger partial charge in [-0.25, -0.2) is 8.42 Å². The molecule has 3 heteroatoms. The van der Waals surface area contributed by atoms with Crippen molar-refractivity contribution < 1.29 is 8.42 Å². The van der Waals surface area contributed by atoms with E-state index >= 15 is 0 Å². The van der Waals surface area contributed by atoms with Gasteiger partial charge in [-0.2, -0.15) is 0 Å². The van der Waals surface area contributed by atoms with Crippen molar-refractivity contribution >= 4 is 9.84 Å². The lowest BCUT2D eigenvalue weighted by Gasteiger charge is -2.11. The van der Waals surface area contributed by atoms with Crippen LogP contribution in [0.5, 0.6) is 0 Å². The first kappa shape index (κ1) is 8.95. The summed E-state index contributed by atoms with van der Waals surface area (Å²) in [7, 11) is -2.80. The molecular weight excluding hydrogens is 136 g/mol. The van der Waals surface area contributed by atoms with Gasteiger partial charge < -0.3 is 0 Å². The molecule has 0 fully saturated rings. The molecule has 0 rings (SSSR count). The fourth-order valence-corrected chi connectivity index (χ4v) is 1.48. The Hall–Kier alpha value is -0.0500. The van der Waals surface area contributed by atoms with Crippen molar-refractivity contribution in [1.82, 2.24) is 0 Å². The van der Waals surface area contributed by atoms with Gasteiger partial charge in [-0.15, -0.1) is 0 Å². The molecule has 0 aliphatic heterocycles. The molecule has 0 aliphatic carbocycles. The molecular formula is C6H14O2S. The Labute approximate surface area is 57.2 Å². The second-order valence-corrected chi connectivity index (χ2v) is 5.18. The zero-order chi connectivity index (χ0) is 7.65. The summed E-state index contributed by atoms with van der Waals surface area (Å²) in [6, 6.07) is 0. The molecule has 9 heavy (non-hydrogen) atoms. The van der Waals surface area contributed by atoms with Gasteiger partial charge in [-0.3, -0.25) is 0 Å². The van der Waals surface area contributed by atoms with Gasteiger partial charge in [0.25, 0.3) is 0 Å². The zero-order valence-corrected chi connectivity index (χ0v) is 7.20. The van der Waals surface area contributed by atoms with Crippen molar-refractivity contribution in [1.29, 1.82) is 0 Å². The SMILES string of the molecule is CC(C)C(C)S(C)(=O)=O. The first-order valence-electron chi connectivity index (χ1n) is 3.04. The van der Waals surface area contributed by atoms with Crippen LogP contribution in [0, 0.1) is 5.92 Å². The maximum Gasteiger partial charge on any atom is 0.150 e. The van der Waals surface area contributed by atoms with Crippen molar-refractivity contribution in [2.75, 3.05) is 6.26 Å². The number of sulfone groups is 1. The maximum absolute atomic E-state index is 10.8. The van der Waals surface area contributed by atoms with E-state index in [9.17, 15) is 8.42 Å². The molecule has 56 valence electrons. The topological polar surface area (TPSA) is 34.1 Å². The summed E-state index contributed by atoms with van der Waals surface area (Å²) in [4.78, 5) is 0. The van der Waals surface area contributed by atoms with E-state index in [2.05, 4.69) is 0 Å². The fourth-order valence-electron chi connectivity index (χ4n) is 0.494. The van der Waals surface area contributed by atoms with Crippen molar-refractivity contribution in [3.63, 3.8) is 0 Å². The van der Waals surface area contributed by atoms with Gasteiger partial charge >= 0.3 is 0 Å². The Morgan fingerprint density at radius 3 is 1.44 bits per heavy atom. The summed E-state index contributed by atoms with van der Waals surface area (Å²) in [5.74, 6) is 0.222. The molecule has 0 saturated heterocycles. The van der Waals surface area contributed by atoms with Crippen molar-refractivity contribution in [2.45, 2.75) is 26.0 Å². The summed E-state index contributed by atoms with van der Waals surface area (Å²) in [5, 5.41) is -0.211. The summed E-state index contributed by atoms with van der Waals surface area (Å²) in [5.41, 5.74) is 0. The minimum Gasteiger partial charge on any atom is -0.229 e. The molecule has 0 aromatic heterocycles. The number of hydrogen-bond acceptors (Lipinski definition) is 2. The Bertz CT molecular complexity index is 167. The lowest BCUT2D eigenvalue weighted by atomic mass is 10.2. The molecule has 2 nitrogen and oxygen atoms in total. The molecule has 0 N–H and O–H groups in total. The van der Waals surface area contributed by atoms with Crippen molar-refractivity contribution in [3.8, 4) is 0 Å². The van der Waals surface area contributed by atoms with Crippen molar-refractivity contribution in [2.24, 2.45) is 5.92 Å². The highest BCUT2D eigenvalue weighted by atomic mass is 32.2. The van der Waals surface area contributed by atoms with Crippen LogP contribution < -0.4 is 0 Å². The van der Waals surface area contributed by atoms with E-state index in [-0.39, 0.29) is 11.2 Å². The molecule has 0 aliphatic rings. The average molecular weight is 150 g/mol. The summed E-state index contributed by atoms with van der Waals surface area (Å²) >= 11 is 0. The van der Waals surface area contributed by atoms with Gasteiger partial charge in [0, 0.05) is 6.26 Å². The Kier molecular flexibility index (Phi) is 2.67. The fraction of sp³-hybridized carbons (Fsp3) is 1.00. The molecule has 0 aromatic rings. The van der Waals surface area contributed by atoms with Gasteiger partial charge in [0.05, 0.1) is 5.25 Å². The number of hydrogen-bond donors (Lipinski definition) is 0. The predicted octanol–water partition coefficient (Wildman–Crippen LogP) is 1.08. The van der Waals surface area contributed by atoms with Crippen LogP contribution in [0.3, 0.4) is 0 Å². The first-order chi connectivity index (χ1) is 3.85. The van der Waals surface area contributed by atoms with Crippen LogP contribution in [0.2, 0.25) is 0 Å². The third kappa shape index (κ3) is 2.84. The van der Waals surface area contributed by atoms with Crippen LogP contribution in [-0.2, 0) is 9.84 Å². The zero-order valence-electron chi connectivity index (χ0n) is 6.38. The molecule has 0 heterocycles. The number of rotatable bonds is 2. The standard InChI is InChI=1S/C6H14O2S/c1-5(2)6(3)9(4,7)8/h5-6H,1-4H3. The molecule has 1 atom stereocenters. The van der Waals surface area contributed by atoms with E-state index in [0.717, 1.165) is 0 Å². The van der Waals surface area contributed by atoms with E-state index < -0.39 is 9.84 Å². The van der Waals surface area contributed by atoms with E-state index in [1.54, 1.807) is 6.92 Å². The minimum absolute atomic E-state index is 0.211. The van der Waals surface area contributed by atoms with Crippen molar-refractivity contribution in [3.05, 3.63) is 0 Å². The minimum atomic E-state index is -2.80. The molecule has 0 radical (unpaired) electrons. The van der Waals surface area contributed by atoms with Crippen LogP contribution in [0.15, 0.2) is 0 Å². The highest BCUT2D eigenvalue weighted by Crippen LogP contribution is 2.08. The van der Waals surface area contributed by atoms with Crippen LogP contribution >= 0.6 is 0 Å². The summed E-state index contributed by atoms with van der Waals surface area (Å²) in [6.45, 7) is 5.55. The highest BCUT2D eigenvalue weighted by molar-refractivity contribution is 7.91. The lowest BCUT2D eigenvalue weighted by molar-refractivity contribution is 0.551. The third-order valence-electron chi connectivity index (χ3n) is 1.61. The second kappa shape index (κ2) is 2.69. The molecule has 0 saturated carbocycles. The van der Waals surface area contributed by atoms with Gasteiger partial charge in [0.15, 0.2) is 0 Å². The largest absolute Gasteiger partial charge is 0.229 e. The van der Waals surface area contributed by atoms with Gasteiger partial charge in [-0.1, -0.05) is 13.8 Å². The van der Waals surface area contributed by atoms with Gasteiger partial charge in [-0.05, 0) is 12.8 Å². The molecule has 0 amide bonds. The smallest absolute Gasteiger partial charge is 0.150 e. The van der Waals surface area contributed by atoms with E-state index in [1.807, 2.05) is 13.8 Å². The van der Waals surface area contributed by atoms with Gasteiger partial charge in [0.2, 0.25) is 0 Å². The van der Waals surface area contributed by atoms with Crippen LogP contribution in [0.1, 0.15) is 20.8 Å². The van der Waals surface area contributed by atoms with Crippen LogP contribution in [0.25, 0.3) is 0 Å². The average Bonchev–Trinajstić information content (AvgIpc) is 1.62. The monoisotopic (exact) mass is 150 g/mol. The Balaban J connectivity index is 4.24. The molecule has 1 unspecified atom stereocenters. The first-order valence-corrected chi connectivity index (χ1v) is 5.00. The third-order valence-corrected chi connectivity index (χ3v) is 3.51. The van der Waals surface area contributed by atoms with Gasteiger partial charge in [0.1, 0.15) is 9.84 Å².